The predicted octanol–water partition coefficient (Wildman–Crippen LogP) is 2.46. The Morgan fingerprint density at radius 1 is 1.08 bits per heavy atom. The van der Waals surface area contributed by atoms with Crippen LogP contribution in [-0.4, -0.2) is 54.4 Å². The number of rotatable bonds is 9. The average Bonchev–Trinajstić information content (AvgIpc) is 2.44. The van der Waals surface area contributed by atoms with Gasteiger partial charge in [0.1, 0.15) is 6.29 Å². The van der Waals surface area contributed by atoms with Gasteiger partial charge in [0.05, 0.1) is 6.04 Å². The minimum Gasteiger partial charge on any atom is -0.334 e. The molecule has 0 heterocycles. The summed E-state index contributed by atoms with van der Waals surface area (Å²) >= 11 is 4.42. The molecule has 0 aliphatic rings. The number of nitrogens with zero attached hydrogens (tertiary/aromatic N) is 1. The van der Waals surface area contributed by atoms with E-state index in [2.05, 4.69) is 63.4 Å². The fraction of sp³-hybridized carbons (Fsp3) is 0.889. The van der Waals surface area contributed by atoms with Crippen molar-refractivity contribution in [3.05, 3.63) is 0 Å². The molecule has 148 valence electrons. The molecule has 0 radical (unpaired) electrons. The third kappa shape index (κ3) is 10.1. The van der Waals surface area contributed by atoms with Crippen LogP contribution in [0.15, 0.2) is 0 Å². The molecule has 0 saturated heterocycles. The topological polar surface area (TPSA) is 73.5 Å². The summed E-state index contributed by atoms with van der Waals surface area (Å²) in [6, 6.07) is -0.520. The first kappa shape index (κ1) is 24.2. The van der Waals surface area contributed by atoms with Crippen molar-refractivity contribution in [2.24, 2.45) is 10.8 Å². The van der Waals surface area contributed by atoms with E-state index in [9.17, 15) is 9.59 Å². The van der Waals surface area contributed by atoms with E-state index < -0.39 is 6.04 Å². The van der Waals surface area contributed by atoms with Crippen molar-refractivity contribution in [3.63, 3.8) is 0 Å². The third-order valence-electron chi connectivity index (χ3n) is 4.17. The number of carbonyl (C=O) groups excluding carboxylic acids is 2. The van der Waals surface area contributed by atoms with Crippen molar-refractivity contribution < 1.29 is 9.59 Å². The molecule has 25 heavy (non-hydrogen) atoms. The second kappa shape index (κ2) is 10.4. The van der Waals surface area contributed by atoms with Crippen molar-refractivity contribution in [3.8, 4) is 0 Å². The Labute approximate surface area is 159 Å². The number of hydrogen-bond donors (Lipinski definition) is 4. The van der Waals surface area contributed by atoms with Crippen molar-refractivity contribution in [2.75, 3.05) is 19.6 Å². The first-order valence-corrected chi connectivity index (χ1v) is 9.37. The molecule has 0 spiro atoms. The smallest absolute Gasteiger partial charge is 0.315 e. The van der Waals surface area contributed by atoms with Gasteiger partial charge in [0, 0.05) is 31.7 Å². The second-order valence-corrected chi connectivity index (χ2v) is 9.49. The number of carbonyl (C=O) groups is 2. The molecule has 0 aromatic carbocycles. The van der Waals surface area contributed by atoms with Crippen LogP contribution < -0.4 is 16.0 Å². The van der Waals surface area contributed by atoms with Crippen LogP contribution in [-0.2, 0) is 4.79 Å². The van der Waals surface area contributed by atoms with Gasteiger partial charge in [0.15, 0.2) is 0 Å². The Morgan fingerprint density at radius 3 is 2.04 bits per heavy atom. The summed E-state index contributed by atoms with van der Waals surface area (Å²) < 4.78 is 1.97. The van der Waals surface area contributed by atoms with E-state index in [1.54, 1.807) is 0 Å². The maximum absolute atomic E-state index is 12.3. The Bertz CT molecular complexity index is 416. The predicted molar refractivity (Wildman–Crippen MR) is 108 cm³/mol. The second-order valence-electron chi connectivity index (χ2n) is 8.98. The normalized spacial score (nSPS) is 15.2. The van der Waals surface area contributed by atoms with Crippen LogP contribution >= 0.6 is 12.8 Å². The summed E-state index contributed by atoms with van der Waals surface area (Å²) in [5.74, 6) is 0. The van der Waals surface area contributed by atoms with E-state index in [1.165, 1.54) is 0 Å². The number of amides is 2. The van der Waals surface area contributed by atoms with Gasteiger partial charge in [0.25, 0.3) is 0 Å². The molecule has 0 rings (SSSR count). The Morgan fingerprint density at radius 2 is 1.64 bits per heavy atom. The Hall–Kier alpha value is -0.790. The zero-order valence-corrected chi connectivity index (χ0v) is 18.0. The summed E-state index contributed by atoms with van der Waals surface area (Å²) in [6.07, 6.45) is 0.789. The molecule has 2 atom stereocenters. The lowest BCUT2D eigenvalue weighted by atomic mass is 9.86. The summed E-state index contributed by atoms with van der Waals surface area (Å²) in [5, 5.41) is 9.15. The highest BCUT2D eigenvalue weighted by Crippen LogP contribution is 2.20. The maximum Gasteiger partial charge on any atom is 0.315 e. The monoisotopic (exact) mass is 374 g/mol. The van der Waals surface area contributed by atoms with Gasteiger partial charge in [-0.3, -0.25) is 0 Å². The third-order valence-corrected chi connectivity index (χ3v) is 4.83. The summed E-state index contributed by atoms with van der Waals surface area (Å²) in [4.78, 5) is 23.5. The van der Waals surface area contributed by atoms with Gasteiger partial charge in [-0.2, -0.15) is 0 Å². The van der Waals surface area contributed by atoms with Crippen molar-refractivity contribution >= 4 is 25.1 Å². The molecule has 3 N–H and O–H groups in total. The molecule has 0 aromatic heterocycles. The number of thiol groups is 1. The van der Waals surface area contributed by atoms with Crippen LogP contribution in [0.1, 0.15) is 55.4 Å². The van der Waals surface area contributed by atoms with E-state index in [0.717, 1.165) is 19.4 Å². The van der Waals surface area contributed by atoms with Gasteiger partial charge in [-0.1, -0.05) is 54.4 Å². The first-order chi connectivity index (χ1) is 11.3. The van der Waals surface area contributed by atoms with Gasteiger partial charge >= 0.3 is 6.03 Å². The van der Waals surface area contributed by atoms with Crippen LogP contribution in [0, 0.1) is 10.8 Å². The molecule has 0 saturated carbocycles. The summed E-state index contributed by atoms with van der Waals surface area (Å²) in [5.41, 5.74) is -0.428. The Balaban J connectivity index is 4.59. The highest BCUT2D eigenvalue weighted by atomic mass is 32.1. The molecular weight excluding hydrogens is 336 g/mol. The van der Waals surface area contributed by atoms with Gasteiger partial charge in [-0.05, 0) is 24.7 Å². The van der Waals surface area contributed by atoms with Gasteiger partial charge in [-0.25, -0.2) is 9.10 Å². The minimum absolute atomic E-state index is 0.0628. The molecule has 0 aliphatic carbocycles. The fourth-order valence-electron chi connectivity index (χ4n) is 2.07. The van der Waals surface area contributed by atoms with Crippen molar-refractivity contribution in [2.45, 2.75) is 73.5 Å². The van der Waals surface area contributed by atoms with Crippen LogP contribution in [0.4, 0.5) is 4.79 Å². The lowest BCUT2D eigenvalue weighted by molar-refractivity contribution is -0.111. The first-order valence-electron chi connectivity index (χ1n) is 8.97. The molecule has 0 aromatic rings. The van der Waals surface area contributed by atoms with Crippen molar-refractivity contribution in [1.82, 2.24) is 20.3 Å². The highest BCUT2D eigenvalue weighted by Gasteiger charge is 2.29. The molecule has 6 nitrogen and oxygen atoms in total. The summed E-state index contributed by atoms with van der Waals surface area (Å²) in [7, 11) is 0. The molecule has 0 fully saturated rings. The fourth-order valence-corrected chi connectivity index (χ4v) is 2.17. The number of urea groups is 1. The molecule has 2 amide bonds. The lowest BCUT2D eigenvalue weighted by Crippen LogP contribution is -2.56. The largest absolute Gasteiger partial charge is 0.334 e. The molecule has 0 aliphatic heterocycles. The van der Waals surface area contributed by atoms with E-state index in [-0.39, 0.29) is 22.9 Å². The number of nitrogens with one attached hydrogen (secondary N) is 3. The molecule has 0 bridgehead atoms. The standard InChI is InChI=1S/C18H38N4O2S/c1-13(2)22(25)10-9-19-11-14(17(3,4)5)20-16(24)21-15(12-23)18(6,7)8/h12-15,19,25H,9-11H2,1-8H3,(H2,20,21,24). The average molecular weight is 375 g/mol. The SMILES string of the molecule is CC(C)N(S)CCNCC(NC(=O)NC(C=O)C(C)(C)C)C(C)(C)C. The van der Waals surface area contributed by atoms with E-state index in [0.29, 0.717) is 12.6 Å². The zero-order chi connectivity index (χ0) is 19.8. The van der Waals surface area contributed by atoms with Crippen LogP contribution in [0.2, 0.25) is 0 Å². The van der Waals surface area contributed by atoms with Gasteiger partial charge in [0.2, 0.25) is 0 Å². The summed E-state index contributed by atoms with van der Waals surface area (Å²) in [6.45, 7) is 18.5. The molecular formula is C18H38N4O2S. The van der Waals surface area contributed by atoms with E-state index in [1.807, 2.05) is 25.1 Å². The van der Waals surface area contributed by atoms with Crippen LogP contribution in [0.5, 0.6) is 0 Å². The highest BCUT2D eigenvalue weighted by molar-refractivity contribution is 7.77. The zero-order valence-electron chi connectivity index (χ0n) is 17.1. The molecule has 2 unspecified atom stereocenters. The van der Waals surface area contributed by atoms with E-state index in [4.69, 9.17) is 0 Å². The lowest BCUT2D eigenvalue weighted by Gasteiger charge is -2.33. The molecule has 7 heteroatoms. The quantitative estimate of drug-likeness (QED) is 0.284. The van der Waals surface area contributed by atoms with Gasteiger partial charge in [-0.15, -0.1) is 0 Å². The number of hydrogen-bond acceptors (Lipinski definition) is 5. The minimum atomic E-state index is -0.523. The van der Waals surface area contributed by atoms with E-state index >= 15 is 0 Å². The Kier molecular flexibility index (Phi) is 10.1. The van der Waals surface area contributed by atoms with Crippen LogP contribution in [0.3, 0.4) is 0 Å². The number of aldehydes is 1. The van der Waals surface area contributed by atoms with Crippen molar-refractivity contribution in [1.29, 1.82) is 0 Å². The van der Waals surface area contributed by atoms with Crippen LogP contribution in [0.25, 0.3) is 0 Å². The van der Waals surface area contributed by atoms with Gasteiger partial charge < -0.3 is 20.7 Å². The maximum atomic E-state index is 12.3.